The number of nitrogens with zero attached hydrogens (tertiary/aromatic N) is 7. The van der Waals surface area contributed by atoms with E-state index in [0.29, 0.717) is 115 Å². The predicted octanol–water partition coefficient (Wildman–Crippen LogP) is 11.9. The summed E-state index contributed by atoms with van der Waals surface area (Å²) in [6.07, 6.45) is 4.32. The Morgan fingerprint density at radius 3 is 2.11 bits per heavy atom. The van der Waals surface area contributed by atoms with Gasteiger partial charge in [-0.3, -0.25) is 29.1 Å². The molecule has 1 aliphatic carbocycles. The number of sulfonamides is 1. The fourth-order valence-corrected chi connectivity index (χ4v) is 18.4. The molecule has 0 saturated carbocycles. The van der Waals surface area contributed by atoms with Crippen LogP contribution in [0.2, 0.25) is 5.02 Å². The van der Waals surface area contributed by atoms with E-state index in [-0.39, 0.29) is 34.9 Å². The van der Waals surface area contributed by atoms with Crippen LogP contribution in [0.5, 0.6) is 0 Å². The molecule has 5 heterocycles. The van der Waals surface area contributed by atoms with Crippen molar-refractivity contribution in [3.05, 3.63) is 160 Å². The number of hydrogen-bond donors (Lipinski definition) is 4. The fraction of sp³-hybridized carbons (Fsp3) is 0.480. The third kappa shape index (κ3) is 19.3. The highest BCUT2D eigenvalue weighted by atomic mass is 35.5. The molecule has 4 aliphatic heterocycles. The average Bonchev–Trinajstić information content (AvgIpc) is 1.40. The number of benzene rings is 5. The van der Waals surface area contributed by atoms with E-state index in [1.165, 1.54) is 35.0 Å². The van der Waals surface area contributed by atoms with E-state index in [2.05, 4.69) is 59.6 Å². The van der Waals surface area contributed by atoms with Crippen LogP contribution in [0, 0.1) is 17.8 Å². The summed E-state index contributed by atoms with van der Waals surface area (Å²) in [5.74, 6) is -1.19. The van der Waals surface area contributed by atoms with Crippen molar-refractivity contribution in [2.75, 3.05) is 121 Å². The van der Waals surface area contributed by atoms with E-state index in [9.17, 15) is 49.2 Å². The van der Waals surface area contributed by atoms with Gasteiger partial charge in [0.15, 0.2) is 0 Å². The first-order chi connectivity index (χ1) is 49.0. The van der Waals surface area contributed by atoms with Crippen molar-refractivity contribution < 1.29 is 53.9 Å². The maximum absolute atomic E-state index is 14.6. The summed E-state index contributed by atoms with van der Waals surface area (Å²) < 4.78 is 105. The monoisotopic (exact) mass is 1510 g/mol. The first-order valence-corrected chi connectivity index (χ1v) is 40.4. The van der Waals surface area contributed by atoms with Crippen molar-refractivity contribution in [3.8, 4) is 10.4 Å². The number of urea groups is 1. The van der Waals surface area contributed by atoms with Crippen molar-refractivity contribution in [3.63, 3.8) is 0 Å². The van der Waals surface area contributed by atoms with Gasteiger partial charge in [-0.15, -0.1) is 23.1 Å². The molecule has 0 spiro atoms. The molecule has 20 nitrogen and oxygen atoms in total. The lowest BCUT2D eigenvalue weighted by Crippen LogP contribution is -2.61. The molecule has 1 unspecified atom stereocenters. The van der Waals surface area contributed by atoms with Crippen molar-refractivity contribution >= 4 is 95.3 Å². The second-order valence-corrected chi connectivity index (χ2v) is 34.9. The minimum Gasteiger partial charge on any atom is -0.380 e. The van der Waals surface area contributed by atoms with Crippen molar-refractivity contribution in [1.29, 1.82) is 0 Å². The number of aryl methyl sites for hydroxylation is 1. The van der Waals surface area contributed by atoms with Crippen molar-refractivity contribution in [2.45, 2.75) is 124 Å². The first kappa shape index (κ1) is 77.0. The minimum absolute atomic E-state index is 0.0400. The Labute approximate surface area is 616 Å². The van der Waals surface area contributed by atoms with Gasteiger partial charge in [-0.05, 0) is 152 Å². The number of allylic oxidation sites excluding steroid dienone is 1. The number of amides is 5. The topological polar surface area (TPSA) is 226 Å². The van der Waals surface area contributed by atoms with E-state index in [1.807, 2.05) is 112 Å². The summed E-state index contributed by atoms with van der Waals surface area (Å²) >= 11 is 9.43. The van der Waals surface area contributed by atoms with Crippen LogP contribution in [0.1, 0.15) is 106 Å². The standard InChI is InChI=1S/C75H93ClF3N11O9S4/c1-51(53-14-16-55(17-15-53)67-52(2)80-50-101-67)81-70(92)65-13-10-31-90(65)71(93)68(73(3,4)5)83-72(94)89-39-35-87(36-40-89)49-74(6)30-28-63(54-18-22-58(76)23-19-54)57(46-74)47-86-33-37-88(38-34-86)60-24-20-56(21-25-60)69(91)84-103(97,98)62-26-27-64(66(45-62)102(95,96)75(77,78)79)82-59(29-32-85-41-43-99-44-42-85)48-100-61-11-8-7-9-12-61/h7-9,11-12,14-27,45,50-51,59,65,68,82H,10,13,28-44,46-49H2,1-6H3,(H,81,92)(H,83,94)(H,84,91)/t51-,59+,65-,68+,74?/m0/s1. The van der Waals surface area contributed by atoms with Crippen LogP contribution in [-0.2, 0) is 34.2 Å². The molecule has 5 amide bonds. The highest BCUT2D eigenvalue weighted by molar-refractivity contribution is 7.99. The maximum atomic E-state index is 14.6. The van der Waals surface area contributed by atoms with Gasteiger partial charge >= 0.3 is 11.5 Å². The van der Waals surface area contributed by atoms with Gasteiger partial charge in [-0.2, -0.15) is 13.2 Å². The maximum Gasteiger partial charge on any atom is 0.501 e. The number of morpholine rings is 1. The number of aromatic nitrogens is 1. The fourth-order valence-electron chi connectivity index (χ4n) is 14.4. The molecule has 1 aromatic heterocycles. The van der Waals surface area contributed by atoms with E-state index in [0.717, 1.165) is 95.4 Å². The Bertz CT molecular complexity index is 4220. The number of anilines is 2. The van der Waals surface area contributed by atoms with Gasteiger partial charge in [0.25, 0.3) is 25.8 Å². The van der Waals surface area contributed by atoms with Crippen LogP contribution in [-0.4, -0.2) is 204 Å². The Morgan fingerprint density at radius 2 is 1.46 bits per heavy atom. The quantitative estimate of drug-likeness (QED) is 0.0413. The van der Waals surface area contributed by atoms with Crippen LogP contribution >= 0.6 is 34.7 Å². The van der Waals surface area contributed by atoms with E-state index < -0.39 is 70.3 Å². The normalized spacial score (nSPS) is 20.1. The second kappa shape index (κ2) is 33.2. The van der Waals surface area contributed by atoms with Gasteiger partial charge in [0.1, 0.15) is 17.0 Å². The third-order valence-corrected chi connectivity index (χ3v) is 25.6. The van der Waals surface area contributed by atoms with Crippen LogP contribution in [0.25, 0.3) is 16.0 Å². The number of likely N-dealkylation sites (tertiary alicyclic amines) is 1. The molecule has 5 aromatic carbocycles. The lowest BCUT2D eigenvalue weighted by molar-refractivity contribution is -0.142. The summed E-state index contributed by atoms with van der Waals surface area (Å²) in [6.45, 7) is 22.0. The number of halogens is 4. The molecule has 0 radical (unpaired) electrons. The third-order valence-electron chi connectivity index (χ3n) is 20.3. The van der Waals surface area contributed by atoms with E-state index >= 15 is 0 Å². The largest absolute Gasteiger partial charge is 0.501 e. The number of carbonyl (C=O) groups excluding carboxylic acids is 4. The van der Waals surface area contributed by atoms with Gasteiger partial charge < -0.3 is 35.4 Å². The van der Waals surface area contributed by atoms with Crippen LogP contribution in [0.15, 0.2) is 147 Å². The molecule has 554 valence electrons. The molecule has 28 heteroatoms. The zero-order chi connectivity index (χ0) is 73.4. The number of hydrogen-bond acceptors (Lipinski definition) is 17. The summed E-state index contributed by atoms with van der Waals surface area (Å²) in [6, 6.07) is 31.6. The average molecular weight is 1510 g/mol. The van der Waals surface area contributed by atoms with Crippen LogP contribution < -0.4 is 25.6 Å². The SMILES string of the molecule is Cc1ncsc1-c1ccc([C@H](C)NC(=O)[C@@H]2CCCN2C(=O)[C@@H](NC(=O)N2CCN(CC3(C)CCC(c4ccc(Cl)cc4)=C(CN4CCN(c5ccc(C(=O)NS(=O)(=O)c6ccc(N[C@H](CCN7CCOCC7)CSc7ccccc7)c(S(=O)(=O)C(F)(F)F)c6)cc5)CC4)C3)CC2)C(C)(C)C)cc1. The summed E-state index contributed by atoms with van der Waals surface area (Å²) in [5, 5.41) is 9.95. The number of ether oxygens (including phenoxy) is 1. The molecule has 6 aromatic rings. The summed E-state index contributed by atoms with van der Waals surface area (Å²) in [5.41, 5.74) is 2.46. The Hall–Kier alpha value is -7.08. The van der Waals surface area contributed by atoms with Gasteiger partial charge in [-0.1, -0.05) is 99.5 Å². The highest BCUT2D eigenvalue weighted by Crippen LogP contribution is 2.45. The van der Waals surface area contributed by atoms with Gasteiger partial charge in [0.2, 0.25) is 11.8 Å². The number of alkyl halides is 3. The molecular weight excluding hydrogens is 1420 g/mol. The smallest absolute Gasteiger partial charge is 0.380 e. The summed E-state index contributed by atoms with van der Waals surface area (Å²) in [7, 11) is -11.0. The van der Waals surface area contributed by atoms with Gasteiger partial charge in [0, 0.05) is 125 Å². The van der Waals surface area contributed by atoms with Crippen LogP contribution in [0.3, 0.4) is 0 Å². The molecule has 0 bridgehead atoms. The number of carbonyl (C=O) groups is 4. The molecular formula is C75H93ClF3N11O9S4. The molecule has 5 atom stereocenters. The number of thioether (sulfide) groups is 1. The lowest BCUT2D eigenvalue weighted by atomic mass is 9.71. The molecule has 5 aliphatic rings. The molecule has 4 fully saturated rings. The first-order valence-electron chi connectivity index (χ1n) is 35.2. The summed E-state index contributed by atoms with van der Waals surface area (Å²) in [4.78, 5) is 73.3. The van der Waals surface area contributed by atoms with E-state index in [1.54, 1.807) is 33.3 Å². The number of piperazine rings is 2. The predicted molar refractivity (Wildman–Crippen MR) is 400 cm³/mol. The molecule has 4 saturated heterocycles. The number of nitrogens with one attached hydrogen (secondary N) is 4. The van der Waals surface area contributed by atoms with E-state index in [4.69, 9.17) is 16.3 Å². The Balaban J connectivity index is 0.678. The molecule has 103 heavy (non-hydrogen) atoms. The zero-order valence-corrected chi connectivity index (χ0v) is 63.2. The number of thiazole rings is 1. The molecule has 4 N–H and O–H groups in total. The second-order valence-electron chi connectivity index (χ2n) is 29.0. The van der Waals surface area contributed by atoms with Crippen LogP contribution in [0.4, 0.5) is 29.3 Å². The zero-order valence-electron chi connectivity index (χ0n) is 59.1. The van der Waals surface area contributed by atoms with Gasteiger partial charge in [0.05, 0.1) is 45.9 Å². The lowest BCUT2D eigenvalue weighted by Gasteiger charge is -2.44. The molecule has 11 rings (SSSR count). The van der Waals surface area contributed by atoms with Crippen molar-refractivity contribution in [1.82, 2.24) is 44.8 Å². The Morgan fingerprint density at radius 1 is 0.786 bits per heavy atom. The number of sulfone groups is 1. The Kier molecular flexibility index (Phi) is 24.8. The van der Waals surface area contributed by atoms with Crippen molar-refractivity contribution in [2.24, 2.45) is 10.8 Å². The minimum atomic E-state index is -6.11. The van der Waals surface area contributed by atoms with Gasteiger partial charge in [-0.25, -0.2) is 31.3 Å². The number of rotatable bonds is 24. The highest BCUT2D eigenvalue weighted by Gasteiger charge is 2.49.